The number of phosphoric acid groups is 1. The van der Waals surface area contributed by atoms with Crippen LogP contribution in [0.25, 0.3) is 0 Å². The molecule has 0 heterocycles. The number of ether oxygens (including phenoxy) is 2. The zero-order chi connectivity index (χ0) is 14.5. The zero-order valence-electron chi connectivity index (χ0n) is 9.40. The van der Waals surface area contributed by atoms with Gasteiger partial charge in [-0.15, -0.1) is 0 Å². The standard InChI is InChI=1S/2C4H6O2.H3O4P/c2*1-3-4(5)6-2;1-5(2,3)4/h2*3H,1H2,2H3;(H3,1,2,3,4). The van der Waals surface area contributed by atoms with Gasteiger partial charge in [0.2, 0.25) is 0 Å². The monoisotopic (exact) mass is 270 g/mol. The maximum atomic E-state index is 9.84. The summed E-state index contributed by atoms with van der Waals surface area (Å²) in [5.74, 6) is -0.787. The van der Waals surface area contributed by atoms with Crippen molar-refractivity contribution >= 4 is 19.8 Å². The molecule has 0 unspecified atom stereocenters. The molecule has 0 fully saturated rings. The minimum atomic E-state index is -4.64. The van der Waals surface area contributed by atoms with Gasteiger partial charge in [-0.1, -0.05) is 13.2 Å². The van der Waals surface area contributed by atoms with Crippen molar-refractivity contribution in [3.8, 4) is 0 Å². The molecule has 0 rings (SSSR count). The van der Waals surface area contributed by atoms with Crippen LogP contribution >= 0.6 is 7.82 Å². The van der Waals surface area contributed by atoms with E-state index in [1.54, 1.807) is 0 Å². The van der Waals surface area contributed by atoms with Gasteiger partial charge in [0, 0.05) is 12.2 Å². The Balaban J connectivity index is -0.000000174. The molecule has 0 saturated heterocycles. The van der Waals surface area contributed by atoms with E-state index in [1.165, 1.54) is 14.2 Å². The summed E-state index contributed by atoms with van der Waals surface area (Å²) in [6.45, 7) is 6.31. The predicted octanol–water partition coefficient (Wildman–Crippen LogP) is -0.238. The van der Waals surface area contributed by atoms with E-state index in [0.29, 0.717) is 0 Å². The Morgan fingerprint density at radius 3 is 1.18 bits per heavy atom. The normalized spacial score (nSPS) is 8.29. The molecule has 0 aromatic rings. The minimum Gasteiger partial charge on any atom is -0.466 e. The summed E-state index contributed by atoms with van der Waals surface area (Å²) in [5, 5.41) is 0. The van der Waals surface area contributed by atoms with Crippen molar-refractivity contribution < 1.29 is 38.3 Å². The van der Waals surface area contributed by atoms with E-state index in [2.05, 4.69) is 22.6 Å². The Labute approximate surface area is 98.4 Å². The van der Waals surface area contributed by atoms with Gasteiger partial charge in [-0.25, -0.2) is 14.2 Å². The second-order valence-corrected chi connectivity index (χ2v) is 2.99. The summed E-state index contributed by atoms with van der Waals surface area (Å²) in [7, 11) is -2.02. The van der Waals surface area contributed by atoms with E-state index in [4.69, 9.17) is 19.2 Å². The number of esters is 2. The van der Waals surface area contributed by atoms with Crippen molar-refractivity contribution in [2.24, 2.45) is 0 Å². The van der Waals surface area contributed by atoms with Crippen molar-refractivity contribution in [1.82, 2.24) is 0 Å². The number of carbonyl (C=O) groups is 2. The van der Waals surface area contributed by atoms with Gasteiger partial charge in [0.15, 0.2) is 0 Å². The minimum absolute atomic E-state index is 0.394. The molecule has 3 N–H and O–H groups in total. The van der Waals surface area contributed by atoms with Crippen molar-refractivity contribution in [2.75, 3.05) is 14.2 Å². The lowest BCUT2D eigenvalue weighted by Gasteiger charge is -1.83. The molecule has 17 heavy (non-hydrogen) atoms. The zero-order valence-corrected chi connectivity index (χ0v) is 10.3. The molecule has 0 aromatic carbocycles. The summed E-state index contributed by atoms with van der Waals surface area (Å²) in [6, 6.07) is 0. The average molecular weight is 270 g/mol. The fourth-order valence-electron chi connectivity index (χ4n) is 0.167. The molecule has 0 bridgehead atoms. The fourth-order valence-corrected chi connectivity index (χ4v) is 0.167. The van der Waals surface area contributed by atoms with Crippen LogP contribution in [0.5, 0.6) is 0 Å². The van der Waals surface area contributed by atoms with E-state index in [-0.39, 0.29) is 0 Å². The van der Waals surface area contributed by atoms with Crippen molar-refractivity contribution in [3.05, 3.63) is 25.3 Å². The lowest BCUT2D eigenvalue weighted by molar-refractivity contribution is -0.135. The molecule has 0 amide bonds. The summed E-state index contributed by atoms with van der Waals surface area (Å²) >= 11 is 0. The number of hydrogen-bond acceptors (Lipinski definition) is 5. The Hall–Kier alpha value is -1.47. The second-order valence-electron chi connectivity index (χ2n) is 1.97. The van der Waals surface area contributed by atoms with E-state index in [9.17, 15) is 9.59 Å². The van der Waals surface area contributed by atoms with E-state index in [0.717, 1.165) is 12.2 Å². The molecule has 9 heteroatoms. The number of methoxy groups -OCH3 is 2. The topological polar surface area (TPSA) is 130 Å². The van der Waals surface area contributed by atoms with Crippen LogP contribution in [-0.2, 0) is 23.6 Å². The van der Waals surface area contributed by atoms with Crippen LogP contribution in [0.1, 0.15) is 0 Å². The molecule has 0 aliphatic heterocycles. The third kappa shape index (κ3) is 53.5. The smallest absolute Gasteiger partial charge is 0.466 e. The molecule has 0 saturated carbocycles. The largest absolute Gasteiger partial charge is 0.466 e. The number of hydrogen-bond donors (Lipinski definition) is 3. The summed E-state index contributed by atoms with van der Waals surface area (Å²) in [4.78, 5) is 41.2. The van der Waals surface area contributed by atoms with Gasteiger partial charge >= 0.3 is 19.8 Å². The molecular weight excluding hydrogens is 255 g/mol. The summed E-state index contributed by atoms with van der Waals surface area (Å²) in [6.07, 6.45) is 2.22. The maximum Gasteiger partial charge on any atom is 0.466 e. The predicted molar refractivity (Wildman–Crippen MR) is 58.7 cm³/mol. The van der Waals surface area contributed by atoms with Crippen molar-refractivity contribution in [1.29, 1.82) is 0 Å². The molecule has 0 aliphatic rings. The molecule has 0 radical (unpaired) electrons. The first kappa shape index (κ1) is 20.9. The first-order valence-electron chi connectivity index (χ1n) is 3.81. The Bertz CT molecular complexity index is 264. The Kier molecular flexibility index (Phi) is 15.5. The summed E-state index contributed by atoms with van der Waals surface area (Å²) < 4.78 is 17.2. The SMILES string of the molecule is C=CC(=O)OC.C=CC(=O)OC.O=P(O)(O)O. The van der Waals surface area contributed by atoms with Gasteiger partial charge < -0.3 is 24.2 Å². The lowest BCUT2D eigenvalue weighted by atomic mass is 10.7. The summed E-state index contributed by atoms with van der Waals surface area (Å²) in [5.41, 5.74) is 0. The van der Waals surface area contributed by atoms with Gasteiger partial charge in [-0.05, 0) is 0 Å². The molecule has 0 aromatic heterocycles. The van der Waals surface area contributed by atoms with E-state index < -0.39 is 19.8 Å². The molecule has 0 aliphatic carbocycles. The van der Waals surface area contributed by atoms with Gasteiger partial charge in [0.1, 0.15) is 0 Å². The highest BCUT2D eigenvalue weighted by Gasteiger charge is 2.00. The Morgan fingerprint density at radius 2 is 1.18 bits per heavy atom. The van der Waals surface area contributed by atoms with E-state index >= 15 is 0 Å². The Morgan fingerprint density at radius 1 is 1.00 bits per heavy atom. The third-order valence-electron chi connectivity index (χ3n) is 0.736. The molecule has 100 valence electrons. The van der Waals surface area contributed by atoms with Gasteiger partial charge in [0.05, 0.1) is 14.2 Å². The van der Waals surface area contributed by atoms with Crippen LogP contribution in [0.2, 0.25) is 0 Å². The van der Waals surface area contributed by atoms with E-state index in [1.807, 2.05) is 0 Å². The van der Waals surface area contributed by atoms with Gasteiger partial charge in [-0.3, -0.25) is 0 Å². The van der Waals surface area contributed by atoms with Crippen LogP contribution < -0.4 is 0 Å². The quantitative estimate of drug-likeness (QED) is 0.356. The van der Waals surface area contributed by atoms with Crippen LogP contribution in [0.15, 0.2) is 25.3 Å². The van der Waals surface area contributed by atoms with Crippen LogP contribution in [0, 0.1) is 0 Å². The lowest BCUT2D eigenvalue weighted by Crippen LogP contribution is -1.91. The first-order chi connectivity index (χ1) is 7.62. The van der Waals surface area contributed by atoms with Crippen molar-refractivity contribution in [2.45, 2.75) is 0 Å². The molecule has 8 nitrogen and oxygen atoms in total. The van der Waals surface area contributed by atoms with Gasteiger partial charge in [-0.2, -0.15) is 0 Å². The highest BCUT2D eigenvalue weighted by atomic mass is 31.2. The maximum absolute atomic E-state index is 9.84. The molecular formula is C8H15O8P. The van der Waals surface area contributed by atoms with Gasteiger partial charge in [0.25, 0.3) is 0 Å². The fraction of sp³-hybridized carbons (Fsp3) is 0.250. The third-order valence-corrected chi connectivity index (χ3v) is 0.736. The molecule has 0 spiro atoms. The molecule has 0 atom stereocenters. The van der Waals surface area contributed by atoms with Crippen molar-refractivity contribution in [3.63, 3.8) is 0 Å². The van der Waals surface area contributed by atoms with Crippen LogP contribution in [0.4, 0.5) is 0 Å². The van der Waals surface area contributed by atoms with Crippen LogP contribution in [0.3, 0.4) is 0 Å². The number of rotatable bonds is 2. The number of carbonyl (C=O) groups excluding carboxylic acids is 2. The highest BCUT2D eigenvalue weighted by Crippen LogP contribution is 2.25. The van der Waals surface area contributed by atoms with Crippen LogP contribution in [-0.4, -0.2) is 40.8 Å². The average Bonchev–Trinajstić information content (AvgIpc) is 2.25. The first-order valence-corrected chi connectivity index (χ1v) is 5.37. The highest BCUT2D eigenvalue weighted by molar-refractivity contribution is 7.45. The second kappa shape index (κ2) is 12.6.